The monoisotopic (exact) mass is 1150 g/mol. The lowest BCUT2D eigenvalue weighted by molar-refractivity contribution is -0.384. The maximum atomic E-state index is 14.3. The van der Waals surface area contributed by atoms with E-state index in [1.54, 1.807) is 30.3 Å². The van der Waals surface area contributed by atoms with Crippen LogP contribution in [0.3, 0.4) is 0 Å². The molecular weight excluding hydrogens is 1080 g/mol. The molecule has 2 amide bonds. The first-order valence-corrected chi connectivity index (χ1v) is 28.9. The maximum absolute atomic E-state index is 14.3. The first-order chi connectivity index (χ1) is 41.3. The molecule has 2 heterocycles. The number of non-ortho nitro benzene ring substituents is 1. The molecule has 1 saturated heterocycles. The number of amides is 2. The number of carbonyl (C=O) groups is 5. The Morgan fingerprint density at radius 1 is 0.588 bits per heavy atom. The SMILES string of the molecule is CC(C)[C@H]1C(=O)N2C(C(=O)OC(=O)c3ccc([N+](=O)[O-])cc3)=C(CN(CCCCCC(=O)c3cccc(OCc4ccccc4)c3OCc3ccccc3)CCCNC(=O)c3cccc(OCc4ccccc4)c3OCc3ccccc3)[C@H](C)[C@H]12. The molecule has 0 radical (unpaired) electrons. The number of nitro benzene ring substituents is 1. The molecule has 438 valence electrons. The number of esters is 2. The van der Waals surface area contributed by atoms with Crippen LogP contribution in [0.5, 0.6) is 23.0 Å². The zero-order chi connectivity index (χ0) is 59.7. The van der Waals surface area contributed by atoms with Crippen LogP contribution < -0.4 is 24.3 Å². The molecule has 16 heteroatoms. The van der Waals surface area contributed by atoms with E-state index in [4.69, 9.17) is 23.7 Å². The van der Waals surface area contributed by atoms with Crippen molar-refractivity contribution in [2.24, 2.45) is 17.8 Å². The number of fused-ring (bicyclic) bond motifs is 1. The Morgan fingerprint density at radius 2 is 1.08 bits per heavy atom. The summed E-state index contributed by atoms with van der Waals surface area (Å²) >= 11 is 0. The second-order valence-corrected chi connectivity index (χ2v) is 21.6. The number of nitrogens with one attached hydrogen (secondary N) is 1. The second kappa shape index (κ2) is 29.2. The zero-order valence-electron chi connectivity index (χ0n) is 48.1. The van der Waals surface area contributed by atoms with Crippen LogP contribution >= 0.6 is 0 Å². The number of Topliss-reactive ketones (excluding diaryl/α,β-unsaturated/α-hetero) is 1. The number of nitrogens with zero attached hydrogens (tertiary/aromatic N) is 3. The fourth-order valence-electron chi connectivity index (χ4n) is 10.9. The van der Waals surface area contributed by atoms with Crippen LogP contribution in [0.1, 0.15) is 106 Å². The van der Waals surface area contributed by atoms with Crippen LogP contribution in [0.25, 0.3) is 0 Å². The average Bonchev–Trinajstić information content (AvgIpc) is 1.93. The number of rotatable bonds is 30. The maximum Gasteiger partial charge on any atom is 0.362 e. The van der Waals surface area contributed by atoms with Gasteiger partial charge in [0.1, 0.15) is 32.1 Å². The molecule has 7 aromatic carbocycles. The minimum absolute atomic E-state index is 0.0104. The molecule has 3 atom stereocenters. The quantitative estimate of drug-likeness (QED) is 0.00851. The van der Waals surface area contributed by atoms with Gasteiger partial charge in [0.25, 0.3) is 11.6 Å². The third-order valence-corrected chi connectivity index (χ3v) is 15.3. The lowest BCUT2D eigenvalue weighted by atomic mass is 9.74. The molecule has 0 aromatic heterocycles. The molecule has 16 nitrogen and oxygen atoms in total. The summed E-state index contributed by atoms with van der Waals surface area (Å²) in [6, 6.07) is 53.9. The van der Waals surface area contributed by atoms with Gasteiger partial charge in [-0.3, -0.25) is 29.4 Å². The van der Waals surface area contributed by atoms with Gasteiger partial charge < -0.3 is 33.9 Å². The molecule has 2 aliphatic rings. The Morgan fingerprint density at radius 3 is 1.60 bits per heavy atom. The molecule has 1 N–H and O–H groups in total. The van der Waals surface area contributed by atoms with E-state index in [9.17, 15) is 34.1 Å². The highest BCUT2D eigenvalue weighted by atomic mass is 16.6. The van der Waals surface area contributed by atoms with E-state index in [-0.39, 0.29) is 97.7 Å². The van der Waals surface area contributed by atoms with Crippen molar-refractivity contribution in [1.82, 2.24) is 15.1 Å². The van der Waals surface area contributed by atoms with Crippen molar-refractivity contribution in [1.29, 1.82) is 0 Å². The van der Waals surface area contributed by atoms with E-state index in [2.05, 4.69) is 10.2 Å². The number of ketones is 1. The summed E-state index contributed by atoms with van der Waals surface area (Å²) in [7, 11) is 0. The Labute approximate surface area is 495 Å². The summed E-state index contributed by atoms with van der Waals surface area (Å²) < 4.78 is 30.7. The van der Waals surface area contributed by atoms with Crippen molar-refractivity contribution in [3.63, 3.8) is 0 Å². The Hall–Kier alpha value is -9.41. The molecule has 0 saturated carbocycles. The average molecular weight is 1150 g/mol. The van der Waals surface area contributed by atoms with Crippen molar-refractivity contribution >= 4 is 35.2 Å². The summed E-state index contributed by atoms with van der Waals surface area (Å²) in [6.07, 6.45) is 2.58. The van der Waals surface area contributed by atoms with Gasteiger partial charge in [-0.15, -0.1) is 0 Å². The first kappa shape index (κ1) is 60.2. The van der Waals surface area contributed by atoms with Crippen LogP contribution in [0.2, 0.25) is 0 Å². The van der Waals surface area contributed by atoms with Gasteiger partial charge in [0, 0.05) is 44.1 Å². The highest BCUT2D eigenvalue weighted by Gasteiger charge is 2.59. The fraction of sp³-hybridized carbons (Fsp3) is 0.290. The van der Waals surface area contributed by atoms with E-state index < -0.39 is 16.9 Å². The van der Waals surface area contributed by atoms with Crippen molar-refractivity contribution in [2.45, 2.75) is 85.3 Å². The Bertz CT molecular complexity index is 3470. The number of para-hydroxylation sites is 2. The van der Waals surface area contributed by atoms with Gasteiger partial charge in [-0.1, -0.05) is 161 Å². The molecule has 0 spiro atoms. The summed E-state index contributed by atoms with van der Waals surface area (Å²) in [6.45, 7) is 8.35. The third-order valence-electron chi connectivity index (χ3n) is 15.3. The van der Waals surface area contributed by atoms with Gasteiger partial charge in [-0.25, -0.2) is 9.59 Å². The molecule has 1 fully saturated rings. The summed E-state index contributed by atoms with van der Waals surface area (Å²) in [5, 5.41) is 14.4. The van der Waals surface area contributed by atoms with Crippen molar-refractivity contribution in [3.8, 4) is 23.0 Å². The molecule has 2 aliphatic heterocycles. The predicted molar refractivity (Wildman–Crippen MR) is 321 cm³/mol. The van der Waals surface area contributed by atoms with E-state index in [0.29, 0.717) is 85.1 Å². The minimum atomic E-state index is -1.01. The van der Waals surface area contributed by atoms with Gasteiger partial charge in [-0.2, -0.15) is 0 Å². The van der Waals surface area contributed by atoms with Gasteiger partial charge in [0.15, 0.2) is 28.8 Å². The van der Waals surface area contributed by atoms with Gasteiger partial charge in [0.05, 0.1) is 33.6 Å². The second-order valence-electron chi connectivity index (χ2n) is 21.6. The van der Waals surface area contributed by atoms with E-state index in [1.165, 1.54) is 17.0 Å². The molecule has 7 aromatic rings. The normalized spacial score (nSPS) is 15.2. The summed E-state index contributed by atoms with van der Waals surface area (Å²) in [4.78, 5) is 84.5. The van der Waals surface area contributed by atoms with E-state index in [0.717, 1.165) is 34.4 Å². The Balaban J connectivity index is 0.918. The van der Waals surface area contributed by atoms with Crippen LogP contribution in [-0.2, 0) is 40.8 Å². The zero-order valence-corrected chi connectivity index (χ0v) is 48.1. The molecule has 0 bridgehead atoms. The fourth-order valence-corrected chi connectivity index (χ4v) is 10.9. The number of ether oxygens (including phenoxy) is 5. The summed E-state index contributed by atoms with van der Waals surface area (Å²) in [5.41, 5.74) is 4.86. The predicted octanol–water partition coefficient (Wildman–Crippen LogP) is 12.5. The number of benzene rings is 7. The van der Waals surface area contributed by atoms with E-state index >= 15 is 0 Å². The molecule has 0 unspecified atom stereocenters. The molecule has 85 heavy (non-hydrogen) atoms. The van der Waals surface area contributed by atoms with Crippen LogP contribution in [0.4, 0.5) is 5.69 Å². The lowest BCUT2D eigenvalue weighted by Crippen LogP contribution is -2.62. The lowest BCUT2D eigenvalue weighted by Gasteiger charge is -2.47. The smallest absolute Gasteiger partial charge is 0.362 e. The van der Waals surface area contributed by atoms with Crippen LogP contribution in [0, 0.1) is 27.9 Å². The van der Waals surface area contributed by atoms with Gasteiger partial charge >= 0.3 is 11.9 Å². The minimum Gasteiger partial charge on any atom is -0.485 e. The standard InChI is InChI=1S/C69H70N4O12/c1-47(2)61-62-48(3)57(63(72(62)67(61)76)69(78)85-68(77)53-35-37-54(38-36-53)73(79)80)42-71(41-21-39-70-66(75)56-31-20-34-60(82-44-50-24-11-5-12-25-50)65(56)84-46-52-28-15-7-16-29-52)40-18-8-17-32-58(74)55-30-19-33-59(81-43-49-22-9-4-10-23-49)64(55)83-45-51-26-13-6-14-27-51/h4-7,9-16,19-20,22-31,33-38,47-48,61-62H,8,17-18,21,32,39-46H2,1-3H3,(H,70,75)/t48-,61+,62+/m0/s1. The number of unbranched alkanes of at least 4 members (excludes halogenated alkanes) is 2. The van der Waals surface area contributed by atoms with Crippen LogP contribution in [-0.4, -0.2) is 76.5 Å². The highest BCUT2D eigenvalue weighted by Crippen LogP contribution is 2.49. The van der Waals surface area contributed by atoms with E-state index in [1.807, 2.05) is 148 Å². The summed E-state index contributed by atoms with van der Waals surface area (Å²) in [5.74, 6) is -1.80. The van der Waals surface area contributed by atoms with Crippen molar-refractivity contribution in [2.75, 3.05) is 26.2 Å². The molecule has 9 rings (SSSR count). The first-order valence-electron chi connectivity index (χ1n) is 28.9. The third kappa shape index (κ3) is 15.4. The Kier molecular flexibility index (Phi) is 20.7. The number of nitro groups is 1. The van der Waals surface area contributed by atoms with Crippen LogP contribution in [0.15, 0.2) is 193 Å². The topological polar surface area (TPSA) is 193 Å². The van der Waals surface area contributed by atoms with Gasteiger partial charge in [-0.05, 0) is 96.0 Å². The largest absolute Gasteiger partial charge is 0.485 e. The van der Waals surface area contributed by atoms with Crippen molar-refractivity contribution in [3.05, 3.63) is 242 Å². The number of β-lactam (4-membered cyclic amide) rings is 1. The molecular formula is C69H70N4O12. The number of hydrogen-bond donors (Lipinski definition) is 1. The highest BCUT2D eigenvalue weighted by molar-refractivity contribution is 6.06. The van der Waals surface area contributed by atoms with Gasteiger partial charge in [0.2, 0.25) is 5.91 Å². The number of carbonyl (C=O) groups excluding carboxylic acids is 5. The molecule has 0 aliphatic carbocycles. The number of hydrogen-bond acceptors (Lipinski definition) is 13. The van der Waals surface area contributed by atoms with Crippen molar-refractivity contribution < 1.29 is 52.6 Å².